The first-order valence-electron chi connectivity index (χ1n) is 8.93. The van der Waals surface area contributed by atoms with E-state index in [-0.39, 0.29) is 18.2 Å². The number of carbonyl (C=O) groups is 1. The summed E-state index contributed by atoms with van der Waals surface area (Å²) in [6, 6.07) is 26.0. The maximum absolute atomic E-state index is 12.4. The Kier molecular flexibility index (Phi) is 6.11. The molecule has 5 nitrogen and oxygen atoms in total. The molecule has 0 radical (unpaired) electrons. The van der Waals surface area contributed by atoms with E-state index < -0.39 is 10.0 Å². The molecule has 0 heterocycles. The summed E-state index contributed by atoms with van der Waals surface area (Å²) < 4.78 is 26.1. The highest BCUT2D eigenvalue weighted by Gasteiger charge is 2.18. The fourth-order valence-corrected chi connectivity index (χ4v) is 3.85. The lowest BCUT2D eigenvalue weighted by Gasteiger charge is -2.19. The molecule has 6 heteroatoms. The Balaban J connectivity index is 1.57. The van der Waals surface area contributed by atoms with Crippen LogP contribution < -0.4 is 9.62 Å². The van der Waals surface area contributed by atoms with Crippen molar-refractivity contribution in [2.45, 2.75) is 0 Å². The van der Waals surface area contributed by atoms with Crippen molar-refractivity contribution in [2.75, 3.05) is 23.7 Å². The minimum absolute atomic E-state index is 0.0405. The molecule has 0 unspecified atom stereocenters. The highest BCUT2D eigenvalue weighted by atomic mass is 32.2. The second-order valence-electron chi connectivity index (χ2n) is 6.32. The fraction of sp³-hybridized carbons (Fsp3) is 0.136. The molecule has 1 N–H and O–H groups in total. The van der Waals surface area contributed by atoms with Crippen LogP contribution in [0.15, 0.2) is 84.9 Å². The Bertz CT molecular complexity index is 1020. The van der Waals surface area contributed by atoms with E-state index in [0.29, 0.717) is 11.3 Å². The van der Waals surface area contributed by atoms with Crippen molar-refractivity contribution in [3.63, 3.8) is 0 Å². The fourth-order valence-electron chi connectivity index (χ4n) is 2.78. The number of nitrogens with zero attached hydrogens (tertiary/aromatic N) is 1. The summed E-state index contributed by atoms with van der Waals surface area (Å²) in [4.78, 5) is 12.3. The lowest BCUT2D eigenvalue weighted by molar-refractivity contribution is 0.0956. The van der Waals surface area contributed by atoms with Gasteiger partial charge >= 0.3 is 0 Å². The van der Waals surface area contributed by atoms with Crippen LogP contribution in [0.1, 0.15) is 10.4 Å². The highest BCUT2D eigenvalue weighted by Crippen LogP contribution is 2.19. The third-order valence-corrected chi connectivity index (χ3v) is 6.20. The SMILES string of the molecule is CN(c1ccccc1)S(=O)(=O)CCNC(=O)c1ccc(-c2ccccc2)cc1. The van der Waals surface area contributed by atoms with Crippen molar-refractivity contribution in [2.24, 2.45) is 0 Å². The molecule has 1 amide bonds. The molecule has 3 aromatic rings. The Morgan fingerprint density at radius 1 is 0.821 bits per heavy atom. The van der Waals surface area contributed by atoms with Crippen LogP contribution in [0.2, 0.25) is 0 Å². The highest BCUT2D eigenvalue weighted by molar-refractivity contribution is 7.92. The summed E-state index contributed by atoms with van der Waals surface area (Å²) >= 11 is 0. The van der Waals surface area contributed by atoms with Gasteiger partial charge in [-0.05, 0) is 35.4 Å². The van der Waals surface area contributed by atoms with E-state index in [1.807, 2.05) is 48.5 Å². The van der Waals surface area contributed by atoms with E-state index in [1.165, 1.54) is 11.4 Å². The van der Waals surface area contributed by atoms with Gasteiger partial charge in [0.25, 0.3) is 5.91 Å². The molecular formula is C22H22N2O3S. The van der Waals surface area contributed by atoms with Crippen LogP contribution in [0.3, 0.4) is 0 Å². The molecule has 0 bridgehead atoms. The topological polar surface area (TPSA) is 66.5 Å². The Morgan fingerprint density at radius 3 is 1.96 bits per heavy atom. The first-order chi connectivity index (χ1) is 13.5. The van der Waals surface area contributed by atoms with Crippen molar-refractivity contribution in [1.29, 1.82) is 0 Å². The van der Waals surface area contributed by atoms with Crippen molar-refractivity contribution >= 4 is 21.6 Å². The number of hydrogen-bond acceptors (Lipinski definition) is 3. The summed E-state index contributed by atoms with van der Waals surface area (Å²) in [6.07, 6.45) is 0. The molecule has 0 aliphatic carbocycles. The third kappa shape index (κ3) is 4.78. The van der Waals surface area contributed by atoms with Gasteiger partial charge in [0.2, 0.25) is 10.0 Å². The van der Waals surface area contributed by atoms with Gasteiger partial charge in [-0.25, -0.2) is 8.42 Å². The van der Waals surface area contributed by atoms with Gasteiger partial charge in [0.05, 0.1) is 11.4 Å². The maximum atomic E-state index is 12.4. The number of rotatable bonds is 7. The van der Waals surface area contributed by atoms with Crippen LogP contribution >= 0.6 is 0 Å². The minimum Gasteiger partial charge on any atom is -0.351 e. The van der Waals surface area contributed by atoms with Gasteiger partial charge in [-0.3, -0.25) is 9.10 Å². The Labute approximate surface area is 165 Å². The number of amides is 1. The molecule has 0 atom stereocenters. The van der Waals surface area contributed by atoms with E-state index in [4.69, 9.17) is 0 Å². The van der Waals surface area contributed by atoms with Gasteiger partial charge in [0, 0.05) is 19.2 Å². The van der Waals surface area contributed by atoms with E-state index in [1.54, 1.807) is 36.4 Å². The molecule has 28 heavy (non-hydrogen) atoms. The van der Waals surface area contributed by atoms with Crippen LogP contribution in [-0.2, 0) is 10.0 Å². The average Bonchev–Trinajstić information content (AvgIpc) is 2.74. The minimum atomic E-state index is -3.52. The van der Waals surface area contributed by atoms with Gasteiger partial charge in [0.1, 0.15) is 0 Å². The smallest absolute Gasteiger partial charge is 0.251 e. The largest absolute Gasteiger partial charge is 0.351 e. The van der Waals surface area contributed by atoms with Crippen molar-refractivity contribution in [3.05, 3.63) is 90.5 Å². The summed E-state index contributed by atoms with van der Waals surface area (Å²) in [7, 11) is -2.01. The average molecular weight is 394 g/mol. The van der Waals surface area contributed by atoms with Crippen LogP contribution in [0.25, 0.3) is 11.1 Å². The lowest BCUT2D eigenvalue weighted by Crippen LogP contribution is -2.35. The van der Waals surface area contributed by atoms with E-state index >= 15 is 0 Å². The number of carbonyl (C=O) groups excluding carboxylic acids is 1. The number of sulfonamides is 1. The Hall–Kier alpha value is -3.12. The summed E-state index contributed by atoms with van der Waals surface area (Å²) in [5.41, 5.74) is 3.17. The van der Waals surface area contributed by atoms with Gasteiger partial charge in [-0.15, -0.1) is 0 Å². The normalized spacial score (nSPS) is 11.0. The molecule has 0 aromatic heterocycles. The van der Waals surface area contributed by atoms with Crippen LogP contribution in [0.4, 0.5) is 5.69 Å². The summed E-state index contributed by atoms with van der Waals surface area (Å²) in [5.74, 6) is -0.469. The third-order valence-electron chi connectivity index (χ3n) is 4.44. The van der Waals surface area contributed by atoms with Crippen LogP contribution in [0, 0.1) is 0 Å². The second-order valence-corrected chi connectivity index (χ2v) is 8.44. The van der Waals surface area contributed by atoms with Gasteiger partial charge in [0.15, 0.2) is 0 Å². The van der Waals surface area contributed by atoms with E-state index in [9.17, 15) is 13.2 Å². The second kappa shape index (κ2) is 8.71. The number of hydrogen-bond donors (Lipinski definition) is 1. The molecule has 0 aliphatic heterocycles. The number of benzene rings is 3. The number of para-hydroxylation sites is 1. The summed E-state index contributed by atoms with van der Waals surface area (Å²) in [6.45, 7) is 0.0405. The summed E-state index contributed by atoms with van der Waals surface area (Å²) in [5, 5.41) is 2.68. The predicted molar refractivity (Wildman–Crippen MR) is 113 cm³/mol. The standard InChI is InChI=1S/C22H22N2O3S/c1-24(21-10-6-3-7-11-21)28(26,27)17-16-23-22(25)20-14-12-19(13-15-20)18-8-4-2-5-9-18/h2-15H,16-17H2,1H3,(H,23,25). The first kappa shape index (κ1) is 19.6. The van der Waals surface area contributed by atoms with Crippen molar-refractivity contribution in [3.8, 4) is 11.1 Å². The van der Waals surface area contributed by atoms with E-state index in [2.05, 4.69) is 5.32 Å². The quantitative estimate of drug-likeness (QED) is 0.666. The zero-order valence-corrected chi connectivity index (χ0v) is 16.4. The van der Waals surface area contributed by atoms with Gasteiger partial charge in [-0.1, -0.05) is 60.7 Å². The molecule has 0 spiro atoms. The number of nitrogens with one attached hydrogen (secondary N) is 1. The molecule has 0 fully saturated rings. The van der Waals surface area contributed by atoms with Crippen LogP contribution in [-0.4, -0.2) is 33.7 Å². The maximum Gasteiger partial charge on any atom is 0.251 e. The van der Waals surface area contributed by atoms with E-state index in [0.717, 1.165) is 11.1 Å². The molecule has 3 aromatic carbocycles. The molecule has 3 rings (SSSR count). The molecule has 0 saturated carbocycles. The van der Waals surface area contributed by atoms with Crippen molar-refractivity contribution < 1.29 is 13.2 Å². The van der Waals surface area contributed by atoms with Gasteiger partial charge < -0.3 is 5.32 Å². The van der Waals surface area contributed by atoms with Crippen LogP contribution in [0.5, 0.6) is 0 Å². The molecular weight excluding hydrogens is 372 g/mol. The lowest BCUT2D eigenvalue weighted by atomic mass is 10.0. The molecule has 0 aliphatic rings. The zero-order valence-electron chi connectivity index (χ0n) is 15.6. The van der Waals surface area contributed by atoms with Crippen molar-refractivity contribution in [1.82, 2.24) is 5.32 Å². The van der Waals surface area contributed by atoms with Gasteiger partial charge in [-0.2, -0.15) is 0 Å². The monoisotopic (exact) mass is 394 g/mol. The molecule has 0 saturated heterocycles. The molecule has 144 valence electrons. The predicted octanol–water partition coefficient (Wildman–Crippen LogP) is 3.55. The first-order valence-corrected chi connectivity index (χ1v) is 10.5. The zero-order chi connectivity index (χ0) is 20.0. The number of anilines is 1. The Morgan fingerprint density at radius 2 is 1.36 bits per heavy atom.